The first-order valence-corrected chi connectivity index (χ1v) is 5.53. The Morgan fingerprint density at radius 3 is 2.62 bits per heavy atom. The second-order valence-electron chi connectivity index (χ2n) is 4.38. The number of hydrogen-bond donors (Lipinski definition) is 1. The van der Waals surface area contributed by atoms with Gasteiger partial charge in [0.05, 0.1) is 11.5 Å². The lowest BCUT2D eigenvalue weighted by Crippen LogP contribution is -2.33. The predicted octanol–water partition coefficient (Wildman–Crippen LogP) is 2.15. The van der Waals surface area contributed by atoms with Gasteiger partial charge in [-0.1, -0.05) is 6.07 Å². The highest BCUT2D eigenvalue weighted by atomic mass is 16.5. The van der Waals surface area contributed by atoms with E-state index in [2.05, 4.69) is 6.07 Å². The molecule has 1 aromatic rings. The molecule has 0 aliphatic carbocycles. The van der Waals surface area contributed by atoms with Gasteiger partial charge in [0.15, 0.2) is 0 Å². The second-order valence-corrected chi connectivity index (χ2v) is 4.38. The van der Waals surface area contributed by atoms with Crippen LogP contribution in [0.25, 0.3) is 0 Å². The Kier molecular flexibility index (Phi) is 2.84. The summed E-state index contributed by atoms with van der Waals surface area (Å²) in [7, 11) is 0. The summed E-state index contributed by atoms with van der Waals surface area (Å²) in [5.74, 6) is 0. The average molecular weight is 216 g/mol. The maximum Gasteiger partial charge on any atom is 0.0868 e. The third kappa shape index (κ3) is 1.77. The molecule has 3 nitrogen and oxygen atoms in total. The van der Waals surface area contributed by atoms with Crippen molar-refractivity contribution in [2.45, 2.75) is 25.2 Å². The van der Waals surface area contributed by atoms with Crippen molar-refractivity contribution in [1.29, 1.82) is 5.26 Å². The highest BCUT2D eigenvalue weighted by molar-refractivity contribution is 5.48. The average Bonchev–Trinajstić information content (AvgIpc) is 2.30. The van der Waals surface area contributed by atoms with Crippen molar-refractivity contribution in [1.82, 2.24) is 0 Å². The van der Waals surface area contributed by atoms with Crippen LogP contribution in [0.15, 0.2) is 18.2 Å². The van der Waals surface area contributed by atoms with Gasteiger partial charge in [-0.3, -0.25) is 0 Å². The zero-order valence-corrected chi connectivity index (χ0v) is 9.49. The first kappa shape index (κ1) is 11.0. The van der Waals surface area contributed by atoms with E-state index in [-0.39, 0.29) is 5.41 Å². The van der Waals surface area contributed by atoms with Crippen molar-refractivity contribution in [2.75, 3.05) is 18.9 Å². The molecule has 1 heterocycles. The largest absolute Gasteiger partial charge is 0.399 e. The summed E-state index contributed by atoms with van der Waals surface area (Å²) in [6.45, 7) is 3.34. The number of nitriles is 1. The van der Waals surface area contributed by atoms with E-state index in [0.717, 1.165) is 29.7 Å². The maximum atomic E-state index is 9.45. The Bertz CT molecular complexity index is 428. The highest BCUT2D eigenvalue weighted by Crippen LogP contribution is 2.36. The minimum Gasteiger partial charge on any atom is -0.399 e. The van der Waals surface area contributed by atoms with Crippen LogP contribution in [0.4, 0.5) is 5.69 Å². The molecule has 0 spiro atoms. The summed E-state index contributed by atoms with van der Waals surface area (Å²) < 4.78 is 5.34. The molecule has 0 saturated carbocycles. The van der Waals surface area contributed by atoms with Gasteiger partial charge in [0.1, 0.15) is 0 Å². The van der Waals surface area contributed by atoms with Crippen molar-refractivity contribution in [3.8, 4) is 6.07 Å². The summed E-state index contributed by atoms with van der Waals surface area (Å²) in [6, 6.07) is 8.26. The van der Waals surface area contributed by atoms with Crippen molar-refractivity contribution in [3.05, 3.63) is 29.3 Å². The molecule has 0 atom stereocenters. The van der Waals surface area contributed by atoms with Gasteiger partial charge < -0.3 is 10.5 Å². The summed E-state index contributed by atoms with van der Waals surface area (Å²) >= 11 is 0. The number of hydrogen-bond acceptors (Lipinski definition) is 3. The quantitative estimate of drug-likeness (QED) is 0.732. The molecule has 0 radical (unpaired) electrons. The summed E-state index contributed by atoms with van der Waals surface area (Å²) in [6.07, 6.45) is 1.54. The molecule has 3 heteroatoms. The molecule has 1 aliphatic heterocycles. The van der Waals surface area contributed by atoms with E-state index < -0.39 is 0 Å². The van der Waals surface area contributed by atoms with Gasteiger partial charge in [0.25, 0.3) is 0 Å². The normalized spacial score (nSPS) is 19.0. The Morgan fingerprint density at radius 1 is 1.38 bits per heavy atom. The fourth-order valence-corrected chi connectivity index (χ4v) is 2.39. The molecule has 1 aliphatic rings. The van der Waals surface area contributed by atoms with Gasteiger partial charge in [-0.05, 0) is 43.0 Å². The Morgan fingerprint density at radius 2 is 2.06 bits per heavy atom. The first-order valence-electron chi connectivity index (χ1n) is 5.53. The van der Waals surface area contributed by atoms with Crippen molar-refractivity contribution in [2.24, 2.45) is 0 Å². The predicted molar refractivity (Wildman–Crippen MR) is 62.9 cm³/mol. The van der Waals surface area contributed by atoms with Crippen LogP contribution in [0.3, 0.4) is 0 Å². The Balaban J connectivity index is 2.44. The number of nitrogens with zero attached hydrogens (tertiary/aromatic N) is 1. The van der Waals surface area contributed by atoms with Gasteiger partial charge in [-0.15, -0.1) is 0 Å². The smallest absolute Gasteiger partial charge is 0.0868 e. The summed E-state index contributed by atoms with van der Waals surface area (Å²) in [5.41, 5.74) is 8.31. The zero-order valence-electron chi connectivity index (χ0n) is 9.49. The maximum absolute atomic E-state index is 9.45. The van der Waals surface area contributed by atoms with Crippen molar-refractivity contribution >= 4 is 5.69 Å². The number of aryl methyl sites for hydroxylation is 1. The monoisotopic (exact) mass is 216 g/mol. The summed E-state index contributed by atoms with van der Waals surface area (Å²) in [5, 5.41) is 9.45. The van der Waals surface area contributed by atoms with Gasteiger partial charge in [-0.25, -0.2) is 0 Å². The zero-order chi connectivity index (χ0) is 11.6. The Hall–Kier alpha value is -1.53. The second kappa shape index (κ2) is 4.15. The lowest BCUT2D eigenvalue weighted by Gasteiger charge is -2.32. The molecule has 0 bridgehead atoms. The highest BCUT2D eigenvalue weighted by Gasteiger charge is 2.35. The fraction of sp³-hybridized carbons (Fsp3) is 0.462. The molecule has 16 heavy (non-hydrogen) atoms. The number of nitrogens with two attached hydrogens (primary N) is 1. The topological polar surface area (TPSA) is 59.0 Å². The third-order valence-corrected chi connectivity index (χ3v) is 3.33. The lowest BCUT2D eigenvalue weighted by atomic mass is 9.74. The van der Waals surface area contributed by atoms with E-state index in [1.807, 2.05) is 25.1 Å². The number of nitrogen functional groups attached to an aromatic ring is 1. The van der Waals surface area contributed by atoms with E-state index in [9.17, 15) is 5.26 Å². The molecule has 0 unspecified atom stereocenters. The van der Waals surface area contributed by atoms with Crippen LogP contribution in [0.1, 0.15) is 24.0 Å². The molecule has 84 valence electrons. The van der Waals surface area contributed by atoms with Crippen molar-refractivity contribution in [3.63, 3.8) is 0 Å². The van der Waals surface area contributed by atoms with E-state index in [0.29, 0.717) is 13.2 Å². The fourth-order valence-electron chi connectivity index (χ4n) is 2.39. The molecule has 2 N–H and O–H groups in total. The molecular formula is C13H16N2O. The third-order valence-electron chi connectivity index (χ3n) is 3.33. The van der Waals surface area contributed by atoms with Crippen LogP contribution < -0.4 is 5.73 Å². The van der Waals surface area contributed by atoms with Gasteiger partial charge in [0.2, 0.25) is 0 Å². The first-order chi connectivity index (χ1) is 7.68. The van der Waals surface area contributed by atoms with Gasteiger partial charge in [0, 0.05) is 18.9 Å². The van der Waals surface area contributed by atoms with Crippen LogP contribution in [0, 0.1) is 18.3 Å². The molecule has 1 saturated heterocycles. The molecule has 1 aromatic carbocycles. The molecule has 0 amide bonds. The van der Waals surface area contributed by atoms with Gasteiger partial charge >= 0.3 is 0 Å². The number of ether oxygens (including phenoxy) is 1. The van der Waals surface area contributed by atoms with E-state index >= 15 is 0 Å². The van der Waals surface area contributed by atoms with E-state index in [4.69, 9.17) is 10.5 Å². The van der Waals surface area contributed by atoms with Crippen molar-refractivity contribution < 1.29 is 4.74 Å². The molecule has 2 rings (SSSR count). The van der Waals surface area contributed by atoms with Crippen LogP contribution in [-0.4, -0.2) is 13.2 Å². The van der Waals surface area contributed by atoms with Crippen LogP contribution in [0.2, 0.25) is 0 Å². The SMILES string of the molecule is Cc1cc(N)ccc1C1(C#N)CCOCC1. The van der Waals surface area contributed by atoms with E-state index in [1.54, 1.807) is 0 Å². The van der Waals surface area contributed by atoms with E-state index in [1.165, 1.54) is 0 Å². The number of benzene rings is 1. The van der Waals surface area contributed by atoms with Crippen LogP contribution in [0.5, 0.6) is 0 Å². The number of anilines is 1. The molecule has 1 fully saturated rings. The van der Waals surface area contributed by atoms with Gasteiger partial charge in [-0.2, -0.15) is 5.26 Å². The molecule has 0 aromatic heterocycles. The number of rotatable bonds is 1. The minimum absolute atomic E-state index is 0.379. The van der Waals surface area contributed by atoms with Crippen LogP contribution in [-0.2, 0) is 10.2 Å². The van der Waals surface area contributed by atoms with Crippen LogP contribution >= 0.6 is 0 Å². The molecular weight excluding hydrogens is 200 g/mol. The Labute approximate surface area is 95.8 Å². The lowest BCUT2D eigenvalue weighted by molar-refractivity contribution is 0.0674. The minimum atomic E-state index is -0.379. The standard InChI is InChI=1S/C13H16N2O/c1-10-8-11(15)2-3-12(10)13(9-14)4-6-16-7-5-13/h2-3,8H,4-7,15H2,1H3. The summed E-state index contributed by atoms with van der Waals surface area (Å²) in [4.78, 5) is 0.